The molecule has 0 saturated heterocycles. The van der Waals surface area contributed by atoms with Crippen LogP contribution in [0.4, 0.5) is 0 Å². The Bertz CT molecular complexity index is 1890. The molecule has 0 bridgehead atoms. The van der Waals surface area contributed by atoms with Gasteiger partial charge < -0.3 is 33.8 Å². The largest absolute Gasteiger partial charge is 0.472 e. The van der Waals surface area contributed by atoms with Gasteiger partial charge in [-0.1, -0.05) is 375 Å². The Morgan fingerprint density at radius 2 is 0.465 bits per heavy atom. The van der Waals surface area contributed by atoms with Gasteiger partial charge >= 0.3 is 39.5 Å². The van der Waals surface area contributed by atoms with Crippen LogP contribution in [-0.2, 0) is 65.4 Å². The summed E-state index contributed by atoms with van der Waals surface area (Å²) in [5.41, 5.74) is 0. The van der Waals surface area contributed by atoms with Crippen LogP contribution < -0.4 is 0 Å². The lowest BCUT2D eigenvalue weighted by molar-refractivity contribution is -0.161. The molecule has 0 radical (unpaired) electrons. The molecule has 0 amide bonds. The maximum Gasteiger partial charge on any atom is 0.472 e. The number of rotatable bonds is 80. The first-order valence-corrected chi connectivity index (χ1v) is 44.6. The van der Waals surface area contributed by atoms with Crippen LogP contribution >= 0.6 is 15.6 Å². The zero-order valence-corrected chi connectivity index (χ0v) is 66.4. The third kappa shape index (κ3) is 74.1. The van der Waals surface area contributed by atoms with Gasteiger partial charge in [0.15, 0.2) is 12.2 Å². The number of unbranched alkanes of at least 4 members (excludes halogenated alkanes) is 52. The van der Waals surface area contributed by atoms with Gasteiger partial charge in [0.25, 0.3) is 0 Å². The first-order valence-electron chi connectivity index (χ1n) is 41.6. The van der Waals surface area contributed by atoms with Crippen LogP contribution in [0.2, 0.25) is 0 Å². The van der Waals surface area contributed by atoms with E-state index in [1.165, 1.54) is 250 Å². The van der Waals surface area contributed by atoms with Gasteiger partial charge in [-0.25, -0.2) is 9.13 Å². The highest BCUT2D eigenvalue weighted by Crippen LogP contribution is 2.45. The minimum atomic E-state index is -4.96. The molecule has 0 spiro atoms. The van der Waals surface area contributed by atoms with Gasteiger partial charge in [-0.3, -0.25) is 37.3 Å². The van der Waals surface area contributed by atoms with E-state index in [0.29, 0.717) is 25.7 Å². The Hall–Kier alpha value is -1.94. The van der Waals surface area contributed by atoms with E-state index in [1.54, 1.807) is 0 Å². The van der Waals surface area contributed by atoms with Crippen LogP contribution in [0.1, 0.15) is 426 Å². The van der Waals surface area contributed by atoms with Gasteiger partial charge in [0.2, 0.25) is 0 Å². The van der Waals surface area contributed by atoms with E-state index in [1.807, 2.05) is 0 Å². The smallest absolute Gasteiger partial charge is 0.462 e. The van der Waals surface area contributed by atoms with Crippen molar-refractivity contribution in [1.29, 1.82) is 0 Å². The Balaban J connectivity index is 5.25. The van der Waals surface area contributed by atoms with Crippen LogP contribution in [-0.4, -0.2) is 96.7 Å². The normalized spacial score (nSPS) is 13.9. The third-order valence-electron chi connectivity index (χ3n) is 18.8. The number of aliphatic hydroxyl groups excluding tert-OH is 1. The second-order valence-corrected chi connectivity index (χ2v) is 32.2. The van der Waals surface area contributed by atoms with Gasteiger partial charge in [0, 0.05) is 25.7 Å². The molecule has 0 aliphatic rings. The zero-order chi connectivity index (χ0) is 72.7. The van der Waals surface area contributed by atoms with Gasteiger partial charge in [0.05, 0.1) is 26.4 Å². The van der Waals surface area contributed by atoms with E-state index < -0.39 is 97.5 Å². The van der Waals surface area contributed by atoms with Crippen molar-refractivity contribution in [3.8, 4) is 0 Å². The highest BCUT2D eigenvalue weighted by atomic mass is 31.2. The van der Waals surface area contributed by atoms with Gasteiger partial charge in [-0.05, 0) is 31.6 Å². The molecule has 17 nitrogen and oxygen atoms in total. The molecular weight excluding hydrogens is 1290 g/mol. The molecular formula is C80H156O17P2. The average Bonchev–Trinajstić information content (AvgIpc) is 3.02. The van der Waals surface area contributed by atoms with Crippen molar-refractivity contribution in [3.63, 3.8) is 0 Å². The SMILES string of the molecule is CCCCCCCCCCCCCCCCCC(=O)OC[C@H](COP(=O)(O)OC[C@@H](O)COP(=O)(O)OC[C@@H](COC(=O)CCCCCCCCCCCCC)OC(=O)CCCCCCCCCCCCCCCCC)OC(=O)CCCCCCCCCCCCCCCCCC(C)C. The molecule has 19 heteroatoms. The standard InChI is InChI=1S/C80H156O17P2/c1-6-9-12-15-18-21-24-26-29-34-39-44-49-54-59-64-78(83)91-70-76(97-80(85)66-61-56-51-46-41-36-32-28-31-33-38-42-47-52-57-62-73(4)5)72-95-99(88,89)93-68-74(81)67-92-98(86,87)94-71-75(69-90-77(82)63-58-53-48-43-37-23-20-17-14-11-8-3)96-79(84)65-60-55-50-45-40-35-30-27-25-22-19-16-13-10-7-2/h73-76,81H,6-72H2,1-5H3,(H,86,87)(H,88,89)/t74-,75+,76+/m0/s1. The van der Waals surface area contributed by atoms with Gasteiger partial charge in [-0.15, -0.1) is 0 Å². The van der Waals surface area contributed by atoms with E-state index in [0.717, 1.165) is 95.8 Å². The summed E-state index contributed by atoms with van der Waals surface area (Å²) in [6.45, 7) is 7.36. The Kier molecular flexibility index (Phi) is 71.6. The van der Waals surface area contributed by atoms with E-state index in [2.05, 4.69) is 34.6 Å². The fourth-order valence-corrected chi connectivity index (χ4v) is 14.0. The van der Waals surface area contributed by atoms with Crippen molar-refractivity contribution < 1.29 is 80.2 Å². The molecule has 3 N–H and O–H groups in total. The molecule has 0 saturated carbocycles. The van der Waals surface area contributed by atoms with Crippen molar-refractivity contribution in [2.75, 3.05) is 39.6 Å². The summed E-state index contributed by atoms with van der Waals surface area (Å²) in [6.07, 6.45) is 63.6. The lowest BCUT2D eigenvalue weighted by Gasteiger charge is -2.21. The molecule has 0 aromatic rings. The summed E-state index contributed by atoms with van der Waals surface area (Å²) < 4.78 is 68.7. The topological polar surface area (TPSA) is 237 Å². The number of phosphoric acid groups is 2. The van der Waals surface area contributed by atoms with Crippen LogP contribution in [0.15, 0.2) is 0 Å². The molecule has 0 aromatic carbocycles. The molecule has 0 fully saturated rings. The molecule has 0 aliphatic carbocycles. The Morgan fingerprint density at radius 1 is 0.273 bits per heavy atom. The van der Waals surface area contributed by atoms with Crippen LogP contribution in [0.5, 0.6) is 0 Å². The number of carbonyl (C=O) groups is 4. The quantitative estimate of drug-likeness (QED) is 0.0222. The minimum absolute atomic E-state index is 0.109. The molecule has 0 rings (SSSR count). The fourth-order valence-electron chi connectivity index (χ4n) is 12.4. The van der Waals surface area contributed by atoms with E-state index in [-0.39, 0.29) is 25.7 Å². The minimum Gasteiger partial charge on any atom is -0.462 e. The molecule has 5 atom stereocenters. The number of phosphoric ester groups is 2. The molecule has 0 heterocycles. The fraction of sp³-hybridized carbons (Fsp3) is 0.950. The number of esters is 4. The predicted octanol–water partition coefficient (Wildman–Crippen LogP) is 24.0. The average molecular weight is 1450 g/mol. The number of hydrogen-bond donors (Lipinski definition) is 3. The van der Waals surface area contributed by atoms with E-state index >= 15 is 0 Å². The molecule has 588 valence electrons. The van der Waals surface area contributed by atoms with Crippen molar-refractivity contribution in [3.05, 3.63) is 0 Å². The van der Waals surface area contributed by atoms with Crippen LogP contribution in [0.3, 0.4) is 0 Å². The highest BCUT2D eigenvalue weighted by Gasteiger charge is 2.30. The van der Waals surface area contributed by atoms with Crippen molar-refractivity contribution >= 4 is 39.5 Å². The summed E-state index contributed by atoms with van der Waals surface area (Å²) in [7, 11) is -9.92. The van der Waals surface area contributed by atoms with E-state index in [9.17, 15) is 43.2 Å². The van der Waals surface area contributed by atoms with Crippen LogP contribution in [0.25, 0.3) is 0 Å². The van der Waals surface area contributed by atoms with Crippen LogP contribution in [0, 0.1) is 5.92 Å². The van der Waals surface area contributed by atoms with E-state index in [4.69, 9.17) is 37.0 Å². The molecule has 0 aromatic heterocycles. The summed E-state index contributed by atoms with van der Waals surface area (Å²) in [4.78, 5) is 73.0. The van der Waals surface area contributed by atoms with Crippen molar-refractivity contribution in [1.82, 2.24) is 0 Å². The molecule has 2 unspecified atom stereocenters. The van der Waals surface area contributed by atoms with Gasteiger partial charge in [0.1, 0.15) is 19.3 Å². The maximum absolute atomic E-state index is 13.1. The van der Waals surface area contributed by atoms with Gasteiger partial charge in [-0.2, -0.15) is 0 Å². The highest BCUT2D eigenvalue weighted by molar-refractivity contribution is 7.47. The summed E-state index contributed by atoms with van der Waals surface area (Å²) >= 11 is 0. The number of ether oxygens (including phenoxy) is 4. The second kappa shape index (κ2) is 73.0. The predicted molar refractivity (Wildman–Crippen MR) is 405 cm³/mol. The van der Waals surface area contributed by atoms with Crippen molar-refractivity contribution in [2.45, 2.75) is 445 Å². The third-order valence-corrected chi connectivity index (χ3v) is 20.7. The number of aliphatic hydroxyl groups is 1. The Labute approximate surface area is 607 Å². The summed E-state index contributed by atoms with van der Waals surface area (Å²) in [6, 6.07) is 0. The Morgan fingerprint density at radius 3 is 0.687 bits per heavy atom. The monoisotopic (exact) mass is 1450 g/mol. The number of hydrogen-bond acceptors (Lipinski definition) is 15. The zero-order valence-electron chi connectivity index (χ0n) is 64.6. The lowest BCUT2D eigenvalue weighted by Crippen LogP contribution is -2.30. The second-order valence-electron chi connectivity index (χ2n) is 29.3. The summed E-state index contributed by atoms with van der Waals surface area (Å²) in [5.74, 6) is -1.30. The lowest BCUT2D eigenvalue weighted by atomic mass is 10.0. The summed E-state index contributed by atoms with van der Waals surface area (Å²) in [5, 5.41) is 10.6. The number of carbonyl (C=O) groups excluding carboxylic acids is 4. The molecule has 0 aliphatic heterocycles. The van der Waals surface area contributed by atoms with Crippen molar-refractivity contribution in [2.24, 2.45) is 5.92 Å². The molecule has 99 heavy (non-hydrogen) atoms. The first-order chi connectivity index (χ1) is 48.0. The first kappa shape index (κ1) is 97.1. The maximum atomic E-state index is 13.1.